The van der Waals surface area contributed by atoms with E-state index in [-0.39, 0.29) is 55.1 Å². The Morgan fingerprint density at radius 1 is 1.41 bits per heavy atom. The SMILES string of the molecule is Cl.N#C[C@@H]1CCCN1C(=O)[C@H]1N[C@H]2CC[C@@H]1C[C@@H]2OCCO. The van der Waals surface area contributed by atoms with Gasteiger partial charge in [0.1, 0.15) is 6.04 Å². The Hall–Kier alpha value is -0.870. The minimum atomic E-state index is -0.249. The fourth-order valence-electron chi connectivity index (χ4n) is 4.02. The lowest BCUT2D eigenvalue weighted by Crippen LogP contribution is -2.64. The van der Waals surface area contributed by atoms with Crippen LogP contribution in [0.25, 0.3) is 0 Å². The number of nitriles is 1. The minimum absolute atomic E-state index is 0. The van der Waals surface area contributed by atoms with Crippen LogP contribution in [0, 0.1) is 17.2 Å². The predicted molar refractivity (Wildman–Crippen MR) is 82.5 cm³/mol. The molecule has 2 N–H and O–H groups in total. The van der Waals surface area contributed by atoms with E-state index in [4.69, 9.17) is 15.1 Å². The van der Waals surface area contributed by atoms with Gasteiger partial charge in [-0.05, 0) is 38.0 Å². The number of carbonyl (C=O) groups excluding carboxylic acids is 1. The minimum Gasteiger partial charge on any atom is -0.394 e. The number of nitrogens with zero attached hydrogens (tertiary/aromatic N) is 2. The van der Waals surface area contributed by atoms with Gasteiger partial charge in [0.25, 0.3) is 0 Å². The summed E-state index contributed by atoms with van der Waals surface area (Å²) in [5.41, 5.74) is 0. The summed E-state index contributed by atoms with van der Waals surface area (Å²) in [6.45, 7) is 1.10. The molecule has 4 rings (SSSR count). The quantitative estimate of drug-likeness (QED) is 0.781. The van der Waals surface area contributed by atoms with Gasteiger partial charge in [-0.1, -0.05) is 0 Å². The van der Waals surface area contributed by atoms with Gasteiger partial charge in [-0.15, -0.1) is 12.4 Å². The van der Waals surface area contributed by atoms with Crippen molar-refractivity contribution in [2.45, 2.75) is 56.3 Å². The molecule has 0 aromatic heterocycles. The number of aliphatic hydroxyl groups excluding tert-OH is 1. The third-order valence-corrected chi connectivity index (χ3v) is 5.07. The normalized spacial score (nSPS) is 36.7. The highest BCUT2D eigenvalue weighted by Gasteiger charge is 2.47. The van der Waals surface area contributed by atoms with E-state index in [9.17, 15) is 4.79 Å². The van der Waals surface area contributed by atoms with Crippen molar-refractivity contribution in [1.29, 1.82) is 5.26 Å². The van der Waals surface area contributed by atoms with E-state index in [0.29, 0.717) is 13.2 Å². The number of amides is 1. The zero-order chi connectivity index (χ0) is 14.8. The van der Waals surface area contributed by atoms with Gasteiger partial charge in [0.05, 0.1) is 31.4 Å². The summed E-state index contributed by atoms with van der Waals surface area (Å²) in [5, 5.41) is 21.4. The largest absolute Gasteiger partial charge is 0.394 e. The highest BCUT2D eigenvalue weighted by Crippen LogP contribution is 2.36. The van der Waals surface area contributed by atoms with Gasteiger partial charge in [-0.3, -0.25) is 4.79 Å². The number of likely N-dealkylation sites (tertiary alicyclic amines) is 1. The molecule has 2 bridgehead atoms. The van der Waals surface area contributed by atoms with Crippen LogP contribution in [0.1, 0.15) is 32.1 Å². The summed E-state index contributed by atoms with van der Waals surface area (Å²) in [7, 11) is 0. The van der Waals surface area contributed by atoms with Crippen molar-refractivity contribution in [3.8, 4) is 6.07 Å². The summed E-state index contributed by atoms with van der Waals surface area (Å²) in [6, 6.07) is 2.02. The Morgan fingerprint density at radius 2 is 2.23 bits per heavy atom. The molecule has 3 aliphatic heterocycles. The lowest BCUT2D eigenvalue weighted by atomic mass is 9.74. The molecule has 0 spiro atoms. The second-order valence-corrected chi connectivity index (χ2v) is 6.28. The number of carbonyl (C=O) groups is 1. The Bertz CT molecular complexity index is 442. The molecule has 22 heavy (non-hydrogen) atoms. The maximum absolute atomic E-state index is 12.7. The molecule has 6 nitrogen and oxygen atoms in total. The molecule has 4 aliphatic rings. The van der Waals surface area contributed by atoms with E-state index in [2.05, 4.69) is 11.4 Å². The summed E-state index contributed by atoms with van der Waals surface area (Å²) < 4.78 is 5.67. The third kappa shape index (κ3) is 3.23. The summed E-state index contributed by atoms with van der Waals surface area (Å²) in [5.74, 6) is 0.375. The van der Waals surface area contributed by atoms with E-state index < -0.39 is 0 Å². The molecule has 0 radical (unpaired) electrons. The molecular weight excluding hydrogens is 306 g/mol. The van der Waals surface area contributed by atoms with Crippen molar-refractivity contribution in [2.24, 2.45) is 5.92 Å². The van der Waals surface area contributed by atoms with E-state index in [1.54, 1.807) is 4.90 Å². The number of fused-ring (bicyclic) bond motifs is 3. The number of rotatable bonds is 4. The standard InChI is InChI=1S/C15H23N3O3.ClH/c16-9-11-2-1-5-18(11)15(20)14-10-3-4-12(17-14)13(8-10)21-7-6-19;/h10-14,17,19H,1-8H2;1H/t10-,11+,12+,13+,14+;/m1./s1. The Kier molecular flexibility index (Phi) is 6.04. The molecule has 3 saturated heterocycles. The number of hydrogen-bond acceptors (Lipinski definition) is 5. The van der Waals surface area contributed by atoms with Crippen LogP contribution in [0.2, 0.25) is 0 Å². The number of nitrogens with one attached hydrogen (secondary N) is 1. The number of ether oxygens (including phenoxy) is 1. The second kappa shape index (κ2) is 7.60. The van der Waals surface area contributed by atoms with Gasteiger partial charge >= 0.3 is 0 Å². The molecule has 0 aromatic carbocycles. The average Bonchev–Trinajstić information content (AvgIpc) is 3.01. The number of hydrogen-bond donors (Lipinski definition) is 2. The first kappa shape index (κ1) is 17.5. The maximum atomic E-state index is 12.7. The molecule has 3 heterocycles. The van der Waals surface area contributed by atoms with Gasteiger partial charge in [0.2, 0.25) is 5.91 Å². The van der Waals surface area contributed by atoms with Crippen molar-refractivity contribution in [2.75, 3.05) is 19.8 Å². The second-order valence-electron chi connectivity index (χ2n) is 6.28. The highest BCUT2D eigenvalue weighted by atomic mass is 35.5. The van der Waals surface area contributed by atoms with Gasteiger partial charge in [-0.25, -0.2) is 0 Å². The van der Waals surface area contributed by atoms with Gasteiger partial charge < -0.3 is 20.1 Å². The first-order chi connectivity index (χ1) is 10.2. The Balaban J connectivity index is 0.00000176. The molecule has 5 atom stereocenters. The topological polar surface area (TPSA) is 85.6 Å². The van der Waals surface area contributed by atoms with Crippen LogP contribution in [0.4, 0.5) is 0 Å². The van der Waals surface area contributed by atoms with Crippen molar-refractivity contribution in [1.82, 2.24) is 10.2 Å². The molecular formula is C15H24ClN3O3. The fraction of sp³-hybridized carbons (Fsp3) is 0.867. The van der Waals surface area contributed by atoms with Crippen molar-refractivity contribution >= 4 is 18.3 Å². The molecule has 1 saturated carbocycles. The van der Waals surface area contributed by atoms with Gasteiger partial charge in [0, 0.05) is 12.6 Å². The number of aliphatic hydroxyl groups is 1. The van der Waals surface area contributed by atoms with E-state index >= 15 is 0 Å². The van der Waals surface area contributed by atoms with Crippen LogP contribution >= 0.6 is 12.4 Å². The average molecular weight is 330 g/mol. The lowest BCUT2D eigenvalue weighted by molar-refractivity contribution is -0.140. The molecule has 1 amide bonds. The van der Waals surface area contributed by atoms with E-state index in [1.165, 1.54) is 0 Å². The fourth-order valence-corrected chi connectivity index (χ4v) is 4.02. The van der Waals surface area contributed by atoms with Crippen LogP contribution in [0.15, 0.2) is 0 Å². The monoisotopic (exact) mass is 329 g/mol. The van der Waals surface area contributed by atoms with Crippen molar-refractivity contribution < 1.29 is 14.6 Å². The molecule has 1 aliphatic carbocycles. The van der Waals surface area contributed by atoms with Gasteiger partial charge in [0.15, 0.2) is 0 Å². The zero-order valence-electron chi connectivity index (χ0n) is 12.6. The van der Waals surface area contributed by atoms with Crippen molar-refractivity contribution in [3.63, 3.8) is 0 Å². The van der Waals surface area contributed by atoms with Crippen molar-refractivity contribution in [3.05, 3.63) is 0 Å². The van der Waals surface area contributed by atoms with Crippen LogP contribution in [0.3, 0.4) is 0 Å². The summed E-state index contributed by atoms with van der Waals surface area (Å²) in [4.78, 5) is 14.5. The Morgan fingerprint density at radius 3 is 2.86 bits per heavy atom. The molecule has 4 fully saturated rings. The molecule has 0 unspecified atom stereocenters. The highest BCUT2D eigenvalue weighted by molar-refractivity contribution is 5.85. The maximum Gasteiger partial charge on any atom is 0.241 e. The number of halogens is 1. The first-order valence-electron chi connectivity index (χ1n) is 7.93. The number of piperidine rings is 2. The molecule has 7 heteroatoms. The first-order valence-corrected chi connectivity index (χ1v) is 7.93. The Labute approximate surface area is 137 Å². The molecule has 124 valence electrons. The zero-order valence-corrected chi connectivity index (χ0v) is 13.4. The predicted octanol–water partition coefficient (Wildman–Crippen LogP) is 0.441. The van der Waals surface area contributed by atoms with E-state index in [1.807, 2.05) is 0 Å². The molecule has 0 aromatic rings. The smallest absolute Gasteiger partial charge is 0.241 e. The van der Waals surface area contributed by atoms with Crippen LogP contribution in [0.5, 0.6) is 0 Å². The summed E-state index contributed by atoms with van der Waals surface area (Å²) in [6.07, 6.45) is 4.76. The van der Waals surface area contributed by atoms with E-state index in [0.717, 1.165) is 32.1 Å². The van der Waals surface area contributed by atoms with Crippen LogP contribution in [-0.4, -0.2) is 59.9 Å². The van der Waals surface area contributed by atoms with Crippen LogP contribution < -0.4 is 5.32 Å². The van der Waals surface area contributed by atoms with Crippen LogP contribution in [-0.2, 0) is 9.53 Å². The lowest BCUT2D eigenvalue weighted by Gasteiger charge is -2.48. The third-order valence-electron chi connectivity index (χ3n) is 5.07. The summed E-state index contributed by atoms with van der Waals surface area (Å²) >= 11 is 0. The van der Waals surface area contributed by atoms with Gasteiger partial charge in [-0.2, -0.15) is 5.26 Å².